The first-order valence-corrected chi connectivity index (χ1v) is 7.82. The molecule has 0 saturated heterocycles. The van der Waals surface area contributed by atoms with E-state index in [-0.39, 0.29) is 12.3 Å². The summed E-state index contributed by atoms with van der Waals surface area (Å²) < 4.78 is 35.9. The SMILES string of the molecule is COC(=O)c1ccc(CS(=O)(=O)NCc2ccco2)cc1. The summed E-state index contributed by atoms with van der Waals surface area (Å²) >= 11 is 0. The van der Waals surface area contributed by atoms with Gasteiger partial charge >= 0.3 is 5.97 Å². The third kappa shape index (κ3) is 4.44. The monoisotopic (exact) mass is 309 g/mol. The molecule has 112 valence electrons. The van der Waals surface area contributed by atoms with Gasteiger partial charge in [-0.3, -0.25) is 0 Å². The normalized spacial score (nSPS) is 11.3. The first-order chi connectivity index (χ1) is 10.00. The van der Waals surface area contributed by atoms with Crippen molar-refractivity contribution in [2.24, 2.45) is 0 Å². The van der Waals surface area contributed by atoms with E-state index in [9.17, 15) is 13.2 Å². The van der Waals surface area contributed by atoms with E-state index in [1.807, 2.05) is 0 Å². The van der Waals surface area contributed by atoms with Crippen LogP contribution in [0.1, 0.15) is 21.7 Å². The van der Waals surface area contributed by atoms with Crippen LogP contribution in [0, 0.1) is 0 Å². The maximum Gasteiger partial charge on any atom is 0.337 e. The fraction of sp³-hybridized carbons (Fsp3) is 0.214. The molecule has 0 aliphatic carbocycles. The highest BCUT2D eigenvalue weighted by Crippen LogP contribution is 2.09. The van der Waals surface area contributed by atoms with E-state index in [1.54, 1.807) is 24.3 Å². The molecule has 0 bridgehead atoms. The van der Waals surface area contributed by atoms with Crippen LogP contribution in [0.15, 0.2) is 47.1 Å². The third-order valence-corrected chi connectivity index (χ3v) is 4.08. The van der Waals surface area contributed by atoms with Crippen molar-refractivity contribution in [2.45, 2.75) is 12.3 Å². The molecular formula is C14H15NO5S. The molecule has 0 aliphatic rings. The molecule has 2 aromatic rings. The topological polar surface area (TPSA) is 85.6 Å². The number of benzene rings is 1. The number of sulfonamides is 1. The van der Waals surface area contributed by atoms with Crippen molar-refractivity contribution in [3.8, 4) is 0 Å². The van der Waals surface area contributed by atoms with Crippen LogP contribution < -0.4 is 4.72 Å². The molecule has 1 aromatic heterocycles. The number of ether oxygens (including phenoxy) is 1. The van der Waals surface area contributed by atoms with Crippen molar-refractivity contribution in [3.63, 3.8) is 0 Å². The summed E-state index contributed by atoms with van der Waals surface area (Å²) in [6.07, 6.45) is 1.48. The first kappa shape index (κ1) is 15.3. The molecule has 0 unspecified atom stereocenters. The van der Waals surface area contributed by atoms with Gasteiger partial charge in [0, 0.05) is 0 Å². The highest BCUT2D eigenvalue weighted by Gasteiger charge is 2.13. The van der Waals surface area contributed by atoms with Gasteiger partial charge in [-0.15, -0.1) is 0 Å². The number of hydrogen-bond donors (Lipinski definition) is 1. The Hall–Kier alpha value is -2.12. The van der Waals surface area contributed by atoms with Crippen molar-refractivity contribution in [1.29, 1.82) is 0 Å². The fourth-order valence-corrected chi connectivity index (χ4v) is 2.82. The van der Waals surface area contributed by atoms with Crippen LogP contribution in [0.3, 0.4) is 0 Å². The largest absolute Gasteiger partial charge is 0.468 e. The first-order valence-electron chi connectivity index (χ1n) is 6.17. The molecule has 0 amide bonds. The van der Waals surface area contributed by atoms with Crippen molar-refractivity contribution < 1.29 is 22.4 Å². The van der Waals surface area contributed by atoms with Crippen LogP contribution in [0.25, 0.3) is 0 Å². The fourth-order valence-electron chi connectivity index (χ4n) is 1.72. The van der Waals surface area contributed by atoms with Crippen LogP contribution in [0.2, 0.25) is 0 Å². The lowest BCUT2D eigenvalue weighted by Gasteiger charge is -2.06. The van der Waals surface area contributed by atoms with Gasteiger partial charge in [-0.25, -0.2) is 17.9 Å². The van der Waals surface area contributed by atoms with Gasteiger partial charge in [0.2, 0.25) is 10.0 Å². The smallest absolute Gasteiger partial charge is 0.337 e. The highest BCUT2D eigenvalue weighted by atomic mass is 32.2. The molecule has 0 spiro atoms. The van der Waals surface area contributed by atoms with Crippen molar-refractivity contribution in [2.75, 3.05) is 7.11 Å². The lowest BCUT2D eigenvalue weighted by Crippen LogP contribution is -2.24. The van der Waals surface area contributed by atoms with Gasteiger partial charge in [-0.2, -0.15) is 0 Å². The van der Waals surface area contributed by atoms with Crippen LogP contribution in [0.5, 0.6) is 0 Å². The lowest BCUT2D eigenvalue weighted by atomic mass is 10.1. The van der Waals surface area contributed by atoms with Gasteiger partial charge in [0.05, 0.1) is 31.2 Å². The van der Waals surface area contributed by atoms with Gasteiger partial charge < -0.3 is 9.15 Å². The molecule has 6 nitrogen and oxygen atoms in total. The Bertz CT molecular complexity index is 689. The summed E-state index contributed by atoms with van der Waals surface area (Å²) in [7, 11) is -2.18. The second-order valence-corrected chi connectivity index (χ2v) is 6.15. The molecule has 0 fully saturated rings. The molecule has 0 radical (unpaired) electrons. The Balaban J connectivity index is 1.98. The molecular weight excluding hydrogens is 294 g/mol. The summed E-state index contributed by atoms with van der Waals surface area (Å²) in [5.74, 6) is -0.0882. The number of rotatable bonds is 6. The summed E-state index contributed by atoms with van der Waals surface area (Å²) in [5, 5.41) is 0. The minimum atomic E-state index is -3.48. The van der Waals surface area contributed by atoms with Gasteiger partial charge in [-0.05, 0) is 29.8 Å². The van der Waals surface area contributed by atoms with Gasteiger partial charge in [0.15, 0.2) is 0 Å². The van der Waals surface area contributed by atoms with Crippen LogP contribution in [-0.4, -0.2) is 21.5 Å². The van der Waals surface area contributed by atoms with E-state index in [0.29, 0.717) is 16.9 Å². The highest BCUT2D eigenvalue weighted by molar-refractivity contribution is 7.88. The Morgan fingerprint density at radius 1 is 1.24 bits per heavy atom. The lowest BCUT2D eigenvalue weighted by molar-refractivity contribution is 0.0600. The molecule has 1 N–H and O–H groups in total. The van der Waals surface area contributed by atoms with E-state index in [1.165, 1.54) is 25.5 Å². The second-order valence-electron chi connectivity index (χ2n) is 4.35. The number of furan rings is 1. The average molecular weight is 309 g/mol. The molecule has 0 aliphatic heterocycles. The number of esters is 1. The van der Waals surface area contributed by atoms with Crippen molar-refractivity contribution in [3.05, 3.63) is 59.5 Å². The molecule has 0 atom stereocenters. The maximum atomic E-state index is 11.9. The Morgan fingerprint density at radius 3 is 2.52 bits per heavy atom. The van der Waals surface area contributed by atoms with Crippen LogP contribution >= 0.6 is 0 Å². The van der Waals surface area contributed by atoms with E-state index in [4.69, 9.17) is 4.42 Å². The number of carbonyl (C=O) groups is 1. The number of methoxy groups -OCH3 is 1. The Labute approximate surface area is 122 Å². The predicted molar refractivity (Wildman–Crippen MR) is 76.0 cm³/mol. The maximum absolute atomic E-state index is 11.9. The summed E-state index contributed by atoms with van der Waals surface area (Å²) in [4.78, 5) is 11.3. The molecule has 21 heavy (non-hydrogen) atoms. The average Bonchev–Trinajstić information content (AvgIpc) is 2.98. The van der Waals surface area contributed by atoms with Crippen molar-refractivity contribution >= 4 is 16.0 Å². The molecule has 7 heteroatoms. The van der Waals surface area contributed by atoms with Gasteiger partial charge in [0.25, 0.3) is 0 Å². The zero-order chi connectivity index (χ0) is 15.3. The molecule has 1 heterocycles. The zero-order valence-corrected chi connectivity index (χ0v) is 12.2. The molecule has 0 saturated carbocycles. The standard InChI is InChI=1S/C14H15NO5S/c1-19-14(16)12-6-4-11(5-7-12)10-21(17,18)15-9-13-3-2-8-20-13/h2-8,15H,9-10H2,1H3. The van der Waals surface area contributed by atoms with E-state index in [2.05, 4.69) is 9.46 Å². The van der Waals surface area contributed by atoms with Gasteiger partial charge in [0.1, 0.15) is 5.76 Å². The second kappa shape index (κ2) is 6.55. The van der Waals surface area contributed by atoms with Crippen molar-refractivity contribution in [1.82, 2.24) is 4.72 Å². The number of carbonyl (C=O) groups excluding carboxylic acids is 1. The predicted octanol–water partition coefficient (Wildman–Crippen LogP) is 1.69. The van der Waals surface area contributed by atoms with Crippen LogP contribution in [-0.2, 0) is 27.1 Å². The van der Waals surface area contributed by atoms with Gasteiger partial charge in [-0.1, -0.05) is 12.1 Å². The quantitative estimate of drug-likeness (QED) is 0.821. The van der Waals surface area contributed by atoms with E-state index >= 15 is 0 Å². The molecule has 1 aromatic carbocycles. The minimum absolute atomic E-state index is 0.107. The number of hydrogen-bond acceptors (Lipinski definition) is 5. The molecule has 2 rings (SSSR count). The third-order valence-electron chi connectivity index (χ3n) is 2.78. The zero-order valence-electron chi connectivity index (χ0n) is 11.4. The minimum Gasteiger partial charge on any atom is -0.468 e. The Kier molecular flexibility index (Phi) is 4.77. The summed E-state index contributed by atoms with van der Waals surface area (Å²) in [6.45, 7) is 0.107. The number of nitrogens with one attached hydrogen (secondary N) is 1. The Morgan fingerprint density at radius 2 is 1.95 bits per heavy atom. The van der Waals surface area contributed by atoms with E-state index in [0.717, 1.165) is 0 Å². The van der Waals surface area contributed by atoms with Crippen LogP contribution in [0.4, 0.5) is 0 Å². The summed E-state index contributed by atoms with van der Waals surface area (Å²) in [6, 6.07) is 9.60. The summed E-state index contributed by atoms with van der Waals surface area (Å²) in [5.41, 5.74) is 0.955. The van der Waals surface area contributed by atoms with E-state index < -0.39 is 16.0 Å².